The van der Waals surface area contributed by atoms with E-state index in [0.717, 1.165) is 39.3 Å². The summed E-state index contributed by atoms with van der Waals surface area (Å²) in [4.78, 5) is 15.8. The summed E-state index contributed by atoms with van der Waals surface area (Å²) >= 11 is 0. The molecule has 6 heteroatoms. The maximum Gasteiger partial charge on any atom is 0.317 e. The van der Waals surface area contributed by atoms with E-state index in [4.69, 9.17) is 0 Å². The second kappa shape index (κ2) is 5.61. The normalized spacial score (nSPS) is 21.9. The van der Waals surface area contributed by atoms with Gasteiger partial charge < -0.3 is 15.1 Å². The lowest BCUT2D eigenvalue weighted by Gasteiger charge is -2.32. The van der Waals surface area contributed by atoms with Crippen LogP contribution in [0.15, 0.2) is 12.3 Å². The van der Waals surface area contributed by atoms with E-state index in [0.29, 0.717) is 5.92 Å². The molecule has 0 unspecified atom stereocenters. The van der Waals surface area contributed by atoms with Gasteiger partial charge in [-0.2, -0.15) is 5.10 Å². The summed E-state index contributed by atoms with van der Waals surface area (Å²) < 4.78 is 0. The number of urea groups is 1. The van der Waals surface area contributed by atoms with E-state index >= 15 is 0 Å². The first-order chi connectivity index (χ1) is 9.33. The van der Waals surface area contributed by atoms with Gasteiger partial charge in [-0.1, -0.05) is 0 Å². The van der Waals surface area contributed by atoms with E-state index in [1.807, 2.05) is 11.1 Å². The Morgan fingerprint density at radius 2 is 2.11 bits per heavy atom. The van der Waals surface area contributed by atoms with Gasteiger partial charge in [-0.3, -0.25) is 5.10 Å². The van der Waals surface area contributed by atoms with Crippen LogP contribution in [0.1, 0.15) is 24.5 Å². The van der Waals surface area contributed by atoms with Crippen LogP contribution in [0.2, 0.25) is 0 Å². The lowest BCUT2D eigenvalue weighted by molar-refractivity contribution is 0.180. The average molecular weight is 263 g/mol. The van der Waals surface area contributed by atoms with Crippen LogP contribution in [-0.2, 0) is 0 Å². The van der Waals surface area contributed by atoms with Crippen molar-refractivity contribution in [2.75, 3.05) is 39.3 Å². The van der Waals surface area contributed by atoms with Crippen molar-refractivity contribution in [1.82, 2.24) is 25.3 Å². The van der Waals surface area contributed by atoms with Crippen molar-refractivity contribution in [2.45, 2.75) is 18.8 Å². The minimum atomic E-state index is 0.0901. The van der Waals surface area contributed by atoms with Crippen molar-refractivity contribution < 1.29 is 4.79 Å². The highest BCUT2D eigenvalue weighted by molar-refractivity contribution is 5.76. The Labute approximate surface area is 113 Å². The maximum absolute atomic E-state index is 11.4. The Bertz CT molecular complexity index is 411. The maximum atomic E-state index is 11.4. The van der Waals surface area contributed by atoms with Crippen LogP contribution < -0.4 is 5.32 Å². The molecule has 0 radical (unpaired) electrons. The van der Waals surface area contributed by atoms with Crippen molar-refractivity contribution in [3.8, 4) is 0 Å². The predicted molar refractivity (Wildman–Crippen MR) is 72.0 cm³/mol. The molecule has 1 aromatic heterocycles. The second-order valence-electron chi connectivity index (χ2n) is 5.35. The minimum absolute atomic E-state index is 0.0901. The molecule has 0 spiro atoms. The highest BCUT2D eigenvalue weighted by Gasteiger charge is 2.23. The van der Waals surface area contributed by atoms with Crippen LogP contribution in [0, 0.1) is 0 Å². The van der Waals surface area contributed by atoms with Gasteiger partial charge in [0.2, 0.25) is 0 Å². The fraction of sp³-hybridized carbons (Fsp3) is 0.692. The molecule has 0 aliphatic carbocycles. The highest BCUT2D eigenvalue weighted by Crippen LogP contribution is 2.25. The molecule has 2 N–H and O–H groups in total. The van der Waals surface area contributed by atoms with Crippen molar-refractivity contribution >= 4 is 6.03 Å². The van der Waals surface area contributed by atoms with Crippen LogP contribution in [0.3, 0.4) is 0 Å². The zero-order chi connectivity index (χ0) is 13.1. The lowest BCUT2D eigenvalue weighted by atomic mass is 9.94. The summed E-state index contributed by atoms with van der Waals surface area (Å²) in [7, 11) is 0. The number of aromatic amines is 1. The molecule has 1 aromatic rings. The zero-order valence-electron chi connectivity index (χ0n) is 11.1. The first kappa shape index (κ1) is 12.5. The van der Waals surface area contributed by atoms with Gasteiger partial charge in [-0.05, 0) is 32.0 Å². The molecule has 2 aliphatic heterocycles. The van der Waals surface area contributed by atoms with E-state index in [1.54, 1.807) is 0 Å². The topological polar surface area (TPSA) is 64.3 Å². The van der Waals surface area contributed by atoms with Crippen molar-refractivity contribution in [3.05, 3.63) is 18.0 Å². The summed E-state index contributed by atoms with van der Waals surface area (Å²) in [6.07, 6.45) is 4.18. The number of carbonyl (C=O) groups is 1. The summed E-state index contributed by atoms with van der Waals surface area (Å²) in [5, 5.41) is 9.94. The molecule has 2 saturated heterocycles. The third-order valence-electron chi connectivity index (χ3n) is 4.18. The monoisotopic (exact) mass is 263 g/mol. The molecular formula is C13H21N5O. The summed E-state index contributed by atoms with van der Waals surface area (Å²) in [6, 6.07) is 2.17. The number of hydrogen-bond acceptors (Lipinski definition) is 3. The SMILES string of the molecule is O=C1NCCN1CCN1CCC(c2ccn[nH]2)CC1. The Kier molecular flexibility index (Phi) is 3.68. The van der Waals surface area contributed by atoms with E-state index in [9.17, 15) is 4.79 Å². The van der Waals surface area contributed by atoms with Crippen molar-refractivity contribution in [3.63, 3.8) is 0 Å². The van der Waals surface area contributed by atoms with E-state index in [2.05, 4.69) is 26.5 Å². The Hall–Kier alpha value is -1.56. The number of hydrogen-bond donors (Lipinski definition) is 2. The van der Waals surface area contributed by atoms with Gasteiger partial charge in [0.15, 0.2) is 0 Å². The standard InChI is InChI=1S/C13H21N5O/c19-13-14-5-8-18(13)10-9-17-6-2-11(3-7-17)12-1-4-15-16-12/h1,4,11H,2-3,5-10H2,(H,14,19)(H,15,16). The molecule has 0 saturated carbocycles. The van der Waals surface area contributed by atoms with Crippen molar-refractivity contribution in [2.24, 2.45) is 0 Å². The van der Waals surface area contributed by atoms with Crippen LogP contribution in [0.25, 0.3) is 0 Å². The van der Waals surface area contributed by atoms with Gasteiger partial charge in [-0.25, -0.2) is 4.79 Å². The van der Waals surface area contributed by atoms with E-state index in [-0.39, 0.29) is 6.03 Å². The lowest BCUT2D eigenvalue weighted by Crippen LogP contribution is -2.40. The number of likely N-dealkylation sites (tertiary alicyclic amines) is 1. The molecule has 0 atom stereocenters. The Morgan fingerprint density at radius 1 is 1.26 bits per heavy atom. The Morgan fingerprint density at radius 3 is 2.74 bits per heavy atom. The van der Waals surface area contributed by atoms with Gasteiger partial charge in [-0.15, -0.1) is 0 Å². The number of nitrogens with zero attached hydrogens (tertiary/aromatic N) is 3. The first-order valence-corrected chi connectivity index (χ1v) is 7.07. The summed E-state index contributed by atoms with van der Waals surface area (Å²) in [5.41, 5.74) is 1.26. The zero-order valence-corrected chi connectivity index (χ0v) is 11.1. The molecule has 3 rings (SSSR count). The number of H-pyrrole nitrogens is 1. The third kappa shape index (κ3) is 2.89. The van der Waals surface area contributed by atoms with Gasteiger partial charge >= 0.3 is 6.03 Å². The number of aromatic nitrogens is 2. The number of carbonyl (C=O) groups excluding carboxylic acids is 1. The number of piperidine rings is 1. The van der Waals surface area contributed by atoms with Crippen LogP contribution >= 0.6 is 0 Å². The largest absolute Gasteiger partial charge is 0.336 e. The molecule has 0 aromatic carbocycles. The fourth-order valence-electron chi connectivity index (χ4n) is 2.95. The van der Waals surface area contributed by atoms with Gasteiger partial charge in [0.25, 0.3) is 0 Å². The quantitative estimate of drug-likeness (QED) is 0.837. The average Bonchev–Trinajstić information content (AvgIpc) is 3.09. The fourth-order valence-corrected chi connectivity index (χ4v) is 2.95. The van der Waals surface area contributed by atoms with Gasteiger partial charge in [0.1, 0.15) is 0 Å². The molecule has 19 heavy (non-hydrogen) atoms. The molecule has 6 nitrogen and oxygen atoms in total. The number of rotatable bonds is 4. The van der Waals surface area contributed by atoms with Crippen LogP contribution in [0.4, 0.5) is 4.79 Å². The van der Waals surface area contributed by atoms with Crippen LogP contribution in [-0.4, -0.2) is 65.3 Å². The van der Waals surface area contributed by atoms with Gasteiger partial charge in [0.05, 0.1) is 0 Å². The predicted octanol–water partition coefficient (Wildman–Crippen LogP) is 0.614. The number of nitrogens with one attached hydrogen (secondary N) is 2. The number of amides is 2. The summed E-state index contributed by atoms with van der Waals surface area (Å²) in [6.45, 7) is 5.70. The van der Waals surface area contributed by atoms with E-state index < -0.39 is 0 Å². The Balaban J connectivity index is 1.42. The molecule has 2 fully saturated rings. The third-order valence-corrected chi connectivity index (χ3v) is 4.18. The molecule has 2 aliphatic rings. The van der Waals surface area contributed by atoms with Crippen molar-refractivity contribution in [1.29, 1.82) is 0 Å². The molecule has 104 valence electrons. The summed E-state index contributed by atoms with van der Waals surface area (Å²) in [5.74, 6) is 0.619. The first-order valence-electron chi connectivity index (χ1n) is 7.07. The smallest absolute Gasteiger partial charge is 0.317 e. The molecule has 3 heterocycles. The van der Waals surface area contributed by atoms with Gasteiger partial charge in [0, 0.05) is 44.0 Å². The minimum Gasteiger partial charge on any atom is -0.336 e. The molecule has 2 amide bonds. The molecule has 0 bridgehead atoms. The van der Waals surface area contributed by atoms with E-state index in [1.165, 1.54) is 18.5 Å². The second-order valence-corrected chi connectivity index (χ2v) is 5.35. The highest BCUT2D eigenvalue weighted by atomic mass is 16.2. The molecular weight excluding hydrogens is 242 g/mol. The van der Waals surface area contributed by atoms with Crippen LogP contribution in [0.5, 0.6) is 0 Å².